The Hall–Kier alpha value is -1.79. The first-order valence-corrected chi connectivity index (χ1v) is 8.11. The third-order valence-electron chi connectivity index (χ3n) is 3.46. The first-order valence-electron chi connectivity index (χ1n) is 7.23. The average molecular weight is 322 g/mol. The van der Waals surface area contributed by atoms with Gasteiger partial charge in [-0.05, 0) is 37.4 Å². The molecule has 0 saturated carbocycles. The number of aliphatic hydroxyl groups is 1. The van der Waals surface area contributed by atoms with Gasteiger partial charge in [0.2, 0.25) is 0 Å². The molecule has 0 bridgehead atoms. The van der Waals surface area contributed by atoms with Gasteiger partial charge in [0.1, 0.15) is 17.1 Å². The number of urea groups is 1. The maximum atomic E-state index is 11.8. The van der Waals surface area contributed by atoms with Gasteiger partial charge in [-0.1, -0.05) is 13.0 Å². The molecular weight excluding hydrogens is 300 g/mol. The van der Waals surface area contributed by atoms with Crippen LogP contribution in [0.2, 0.25) is 0 Å². The summed E-state index contributed by atoms with van der Waals surface area (Å²) in [6, 6.07) is 7.25. The Kier molecular flexibility index (Phi) is 5.26. The van der Waals surface area contributed by atoms with Crippen LogP contribution >= 0.6 is 11.3 Å². The molecule has 0 fully saturated rings. The zero-order valence-electron chi connectivity index (χ0n) is 13.1. The van der Waals surface area contributed by atoms with Crippen molar-refractivity contribution >= 4 is 17.4 Å². The summed E-state index contributed by atoms with van der Waals surface area (Å²) in [5.74, 6) is 1.43. The lowest BCUT2D eigenvalue weighted by Gasteiger charge is -2.21. The summed E-state index contributed by atoms with van der Waals surface area (Å²) in [7, 11) is 0. The van der Waals surface area contributed by atoms with Crippen LogP contribution in [0, 0.1) is 6.92 Å². The Morgan fingerprint density at radius 2 is 2.18 bits per heavy atom. The van der Waals surface area contributed by atoms with E-state index in [2.05, 4.69) is 23.6 Å². The maximum Gasteiger partial charge on any atom is 0.314 e. The summed E-state index contributed by atoms with van der Waals surface area (Å²) in [4.78, 5) is 13.1. The molecule has 0 aliphatic carbocycles. The van der Waals surface area contributed by atoms with Crippen molar-refractivity contribution in [1.29, 1.82) is 0 Å². The molecule has 0 spiro atoms. The third-order valence-corrected chi connectivity index (χ3v) is 4.57. The number of hydrogen-bond acceptors (Lipinski definition) is 4. The van der Waals surface area contributed by atoms with E-state index in [1.54, 1.807) is 30.4 Å². The Labute approximate surface area is 134 Å². The number of thiophene rings is 1. The van der Waals surface area contributed by atoms with Gasteiger partial charge in [0, 0.05) is 17.3 Å². The minimum atomic E-state index is -1.23. The lowest BCUT2D eigenvalue weighted by molar-refractivity contribution is 0.0360. The van der Waals surface area contributed by atoms with Crippen LogP contribution in [0.1, 0.15) is 36.2 Å². The predicted octanol–water partition coefficient (Wildman–Crippen LogP) is 2.96. The third kappa shape index (κ3) is 4.35. The van der Waals surface area contributed by atoms with Gasteiger partial charge in [0.25, 0.3) is 0 Å². The second-order valence-electron chi connectivity index (χ2n) is 5.66. The van der Waals surface area contributed by atoms with Gasteiger partial charge in [-0.15, -0.1) is 11.3 Å². The topological polar surface area (TPSA) is 74.5 Å². The number of hydrogen-bond donors (Lipinski definition) is 3. The lowest BCUT2D eigenvalue weighted by Crippen LogP contribution is -2.44. The molecule has 0 aliphatic rings. The van der Waals surface area contributed by atoms with Crippen LogP contribution in [-0.2, 0) is 5.60 Å². The molecule has 0 radical (unpaired) electrons. The molecule has 0 saturated heterocycles. The first-order chi connectivity index (χ1) is 10.4. The highest BCUT2D eigenvalue weighted by Crippen LogP contribution is 2.22. The van der Waals surface area contributed by atoms with Crippen molar-refractivity contribution < 1.29 is 14.3 Å². The molecule has 2 aromatic rings. The summed E-state index contributed by atoms with van der Waals surface area (Å²) in [5.41, 5.74) is -1.23. The number of rotatable bonds is 6. The van der Waals surface area contributed by atoms with E-state index in [0.717, 1.165) is 5.76 Å². The Bertz CT molecular complexity index is 605. The summed E-state index contributed by atoms with van der Waals surface area (Å²) in [6.45, 7) is 6.12. The highest BCUT2D eigenvalue weighted by molar-refractivity contribution is 7.10. The van der Waals surface area contributed by atoms with Crippen molar-refractivity contribution in [2.75, 3.05) is 13.1 Å². The van der Waals surface area contributed by atoms with E-state index in [9.17, 15) is 9.90 Å². The molecule has 120 valence electrons. The van der Waals surface area contributed by atoms with E-state index >= 15 is 0 Å². The van der Waals surface area contributed by atoms with Crippen LogP contribution in [0.15, 0.2) is 34.1 Å². The largest absolute Gasteiger partial charge is 0.463 e. The monoisotopic (exact) mass is 322 g/mol. The smallest absolute Gasteiger partial charge is 0.314 e. The number of carbonyl (C=O) groups excluding carboxylic acids is 1. The van der Waals surface area contributed by atoms with Crippen molar-refractivity contribution in [2.24, 2.45) is 0 Å². The fourth-order valence-corrected chi connectivity index (χ4v) is 2.83. The van der Waals surface area contributed by atoms with Crippen molar-refractivity contribution in [3.05, 3.63) is 46.0 Å². The number of nitrogens with one attached hydrogen (secondary N) is 2. The number of carbonyl (C=O) groups is 1. The van der Waals surface area contributed by atoms with Crippen molar-refractivity contribution in [3.8, 4) is 0 Å². The Balaban J connectivity index is 1.77. The highest BCUT2D eigenvalue weighted by atomic mass is 32.1. The zero-order chi connectivity index (χ0) is 16.2. The summed E-state index contributed by atoms with van der Waals surface area (Å²) < 4.78 is 5.41. The van der Waals surface area contributed by atoms with Crippen LogP contribution in [0.25, 0.3) is 0 Å². The van der Waals surface area contributed by atoms with Gasteiger partial charge in [-0.3, -0.25) is 0 Å². The molecule has 2 rings (SSSR count). The number of furan rings is 1. The minimum Gasteiger partial charge on any atom is -0.463 e. The molecule has 22 heavy (non-hydrogen) atoms. The normalized spacial score (nSPS) is 15.1. The SMILES string of the molecule is Cc1ccc(C(C)(O)CNC(=O)NCC(C)c2cccs2)o1. The van der Waals surface area contributed by atoms with Crippen LogP contribution in [0.5, 0.6) is 0 Å². The van der Waals surface area contributed by atoms with E-state index in [-0.39, 0.29) is 18.5 Å². The Morgan fingerprint density at radius 3 is 2.77 bits per heavy atom. The molecular formula is C16H22N2O3S. The molecule has 2 heterocycles. The van der Waals surface area contributed by atoms with E-state index in [1.165, 1.54) is 4.88 Å². The summed E-state index contributed by atoms with van der Waals surface area (Å²) in [6.07, 6.45) is 0. The number of amides is 2. The maximum absolute atomic E-state index is 11.8. The van der Waals surface area contributed by atoms with Crippen molar-refractivity contribution in [1.82, 2.24) is 10.6 Å². The summed E-state index contributed by atoms with van der Waals surface area (Å²) in [5, 5.41) is 17.9. The van der Waals surface area contributed by atoms with Crippen LogP contribution < -0.4 is 10.6 Å². The molecule has 5 nitrogen and oxygen atoms in total. The predicted molar refractivity (Wildman–Crippen MR) is 87.2 cm³/mol. The molecule has 2 atom stereocenters. The van der Waals surface area contributed by atoms with Crippen molar-refractivity contribution in [2.45, 2.75) is 32.3 Å². The molecule has 2 aromatic heterocycles. The number of aryl methyl sites for hydroxylation is 1. The van der Waals surface area contributed by atoms with Crippen LogP contribution in [0.3, 0.4) is 0 Å². The quantitative estimate of drug-likeness (QED) is 0.765. The fraction of sp³-hybridized carbons (Fsp3) is 0.438. The molecule has 0 aliphatic heterocycles. The average Bonchev–Trinajstić information content (AvgIpc) is 3.14. The van der Waals surface area contributed by atoms with Gasteiger partial charge < -0.3 is 20.2 Å². The molecule has 0 aromatic carbocycles. The second kappa shape index (κ2) is 6.98. The first kappa shape index (κ1) is 16.6. The molecule has 2 unspecified atom stereocenters. The standard InChI is InChI=1S/C16H22N2O3S/c1-11(13-5-4-8-22-13)9-17-15(19)18-10-16(3,20)14-7-6-12(2)21-14/h4-8,11,20H,9-10H2,1-3H3,(H2,17,18,19). The van der Waals surface area contributed by atoms with Gasteiger partial charge >= 0.3 is 6.03 Å². The van der Waals surface area contributed by atoms with Crippen molar-refractivity contribution in [3.63, 3.8) is 0 Å². The van der Waals surface area contributed by atoms with Gasteiger partial charge in [0.15, 0.2) is 0 Å². The van der Waals surface area contributed by atoms with Crippen LogP contribution in [0.4, 0.5) is 4.79 Å². The van der Waals surface area contributed by atoms with E-state index in [4.69, 9.17) is 4.42 Å². The van der Waals surface area contributed by atoms with Gasteiger partial charge in [0.05, 0.1) is 6.54 Å². The van der Waals surface area contributed by atoms with E-state index in [0.29, 0.717) is 12.3 Å². The van der Waals surface area contributed by atoms with Gasteiger partial charge in [-0.2, -0.15) is 0 Å². The van der Waals surface area contributed by atoms with Gasteiger partial charge in [-0.25, -0.2) is 4.79 Å². The molecule has 2 amide bonds. The fourth-order valence-electron chi connectivity index (χ4n) is 2.04. The van der Waals surface area contributed by atoms with Crippen LogP contribution in [-0.4, -0.2) is 24.2 Å². The Morgan fingerprint density at radius 1 is 1.41 bits per heavy atom. The molecule has 3 N–H and O–H groups in total. The highest BCUT2D eigenvalue weighted by Gasteiger charge is 2.27. The molecule has 6 heteroatoms. The minimum absolute atomic E-state index is 0.0825. The lowest BCUT2D eigenvalue weighted by atomic mass is 10.0. The zero-order valence-corrected chi connectivity index (χ0v) is 13.9. The summed E-state index contributed by atoms with van der Waals surface area (Å²) >= 11 is 1.68. The van der Waals surface area contributed by atoms with E-state index < -0.39 is 5.60 Å². The van der Waals surface area contributed by atoms with E-state index in [1.807, 2.05) is 18.4 Å². The second-order valence-corrected chi connectivity index (χ2v) is 6.64.